The summed E-state index contributed by atoms with van der Waals surface area (Å²) < 4.78 is 0. The van der Waals surface area contributed by atoms with Crippen molar-refractivity contribution in [2.75, 3.05) is 24.5 Å². The molecule has 2 aliphatic rings. The average Bonchev–Trinajstić information content (AvgIpc) is 2.67. The molecule has 0 saturated carbocycles. The second-order valence-electron chi connectivity index (χ2n) is 7.15. The van der Waals surface area contributed by atoms with Crippen molar-refractivity contribution in [3.63, 3.8) is 0 Å². The highest BCUT2D eigenvalue weighted by molar-refractivity contribution is 5.93. The standard InChI is InChI=1S/C20H24N4O/c1-15-6-4-10-23(14-15)19(25)17-12-21-20(22-13-17)24-11-5-8-16-7-2-3-9-18(16)24/h2-3,7,9,12-13,15H,4-6,8,10-11,14H2,1H3. The van der Waals surface area contributed by atoms with Crippen molar-refractivity contribution >= 4 is 17.5 Å². The first kappa shape index (κ1) is 16.1. The Morgan fingerprint density at radius 3 is 2.72 bits per heavy atom. The summed E-state index contributed by atoms with van der Waals surface area (Å²) in [5.41, 5.74) is 3.10. The molecule has 1 atom stereocenters. The first-order chi connectivity index (χ1) is 12.2. The first-order valence-electron chi connectivity index (χ1n) is 9.19. The van der Waals surface area contributed by atoms with Gasteiger partial charge in [0.15, 0.2) is 0 Å². The van der Waals surface area contributed by atoms with Crippen LogP contribution in [0.3, 0.4) is 0 Å². The Hall–Kier alpha value is -2.43. The van der Waals surface area contributed by atoms with Crippen molar-refractivity contribution in [1.29, 1.82) is 0 Å². The Morgan fingerprint density at radius 1 is 1.12 bits per heavy atom. The Morgan fingerprint density at radius 2 is 1.92 bits per heavy atom. The highest BCUT2D eigenvalue weighted by atomic mass is 16.2. The van der Waals surface area contributed by atoms with E-state index in [4.69, 9.17) is 0 Å². The van der Waals surface area contributed by atoms with Gasteiger partial charge < -0.3 is 9.80 Å². The molecule has 1 aromatic carbocycles. The summed E-state index contributed by atoms with van der Waals surface area (Å²) in [4.78, 5) is 25.8. The van der Waals surface area contributed by atoms with Gasteiger partial charge in [-0.3, -0.25) is 4.79 Å². The number of aromatic nitrogens is 2. The van der Waals surface area contributed by atoms with Crippen LogP contribution < -0.4 is 4.90 Å². The fourth-order valence-corrected chi connectivity index (χ4v) is 3.87. The van der Waals surface area contributed by atoms with E-state index in [1.165, 1.54) is 17.7 Å². The lowest BCUT2D eigenvalue weighted by Gasteiger charge is -2.31. The number of carbonyl (C=O) groups excluding carboxylic acids is 1. The van der Waals surface area contributed by atoms with Crippen LogP contribution in [0.1, 0.15) is 42.1 Å². The summed E-state index contributed by atoms with van der Waals surface area (Å²) in [5, 5.41) is 0. The first-order valence-corrected chi connectivity index (χ1v) is 9.19. The summed E-state index contributed by atoms with van der Waals surface area (Å²) in [6, 6.07) is 8.40. The van der Waals surface area contributed by atoms with Gasteiger partial charge in [-0.2, -0.15) is 0 Å². The molecule has 1 unspecified atom stereocenters. The van der Waals surface area contributed by atoms with Crippen LogP contribution in [-0.4, -0.2) is 40.4 Å². The van der Waals surface area contributed by atoms with Crippen molar-refractivity contribution in [2.45, 2.75) is 32.6 Å². The lowest BCUT2D eigenvalue weighted by molar-refractivity contribution is 0.0682. The number of fused-ring (bicyclic) bond motifs is 1. The summed E-state index contributed by atoms with van der Waals surface area (Å²) in [5.74, 6) is 1.30. The number of aryl methyl sites for hydroxylation is 1. The topological polar surface area (TPSA) is 49.3 Å². The van der Waals surface area contributed by atoms with Crippen LogP contribution in [0.2, 0.25) is 0 Å². The molecule has 1 saturated heterocycles. The number of nitrogens with zero attached hydrogens (tertiary/aromatic N) is 4. The maximum Gasteiger partial charge on any atom is 0.257 e. The van der Waals surface area contributed by atoms with E-state index in [0.717, 1.165) is 38.9 Å². The Labute approximate surface area is 148 Å². The molecule has 25 heavy (non-hydrogen) atoms. The second-order valence-corrected chi connectivity index (χ2v) is 7.15. The molecule has 3 heterocycles. The van der Waals surface area contributed by atoms with Crippen molar-refractivity contribution in [1.82, 2.24) is 14.9 Å². The van der Waals surface area contributed by atoms with Gasteiger partial charge in [0.25, 0.3) is 5.91 Å². The number of amides is 1. The minimum Gasteiger partial charge on any atom is -0.338 e. The maximum absolute atomic E-state index is 12.7. The monoisotopic (exact) mass is 336 g/mol. The minimum atomic E-state index is 0.0529. The second kappa shape index (κ2) is 6.82. The number of likely N-dealkylation sites (tertiary alicyclic amines) is 1. The molecule has 0 aliphatic carbocycles. The van der Waals surface area contributed by atoms with Crippen LogP contribution in [0.5, 0.6) is 0 Å². The van der Waals surface area contributed by atoms with E-state index < -0.39 is 0 Å². The molecule has 5 nitrogen and oxygen atoms in total. The van der Waals surface area contributed by atoms with Crippen LogP contribution in [-0.2, 0) is 6.42 Å². The van der Waals surface area contributed by atoms with Gasteiger partial charge in [-0.1, -0.05) is 25.1 Å². The zero-order chi connectivity index (χ0) is 17.2. The largest absolute Gasteiger partial charge is 0.338 e. The molecule has 0 bridgehead atoms. The normalized spacial score (nSPS) is 20.3. The molecule has 2 aliphatic heterocycles. The molecular weight excluding hydrogens is 312 g/mol. The fraction of sp³-hybridized carbons (Fsp3) is 0.450. The van der Waals surface area contributed by atoms with Crippen molar-refractivity contribution in [2.24, 2.45) is 5.92 Å². The van der Waals surface area contributed by atoms with Gasteiger partial charge in [0.2, 0.25) is 5.95 Å². The van der Waals surface area contributed by atoms with E-state index in [0.29, 0.717) is 17.4 Å². The van der Waals surface area contributed by atoms with Gasteiger partial charge in [0, 0.05) is 37.7 Å². The quantitative estimate of drug-likeness (QED) is 0.843. The molecule has 5 heteroatoms. The molecule has 2 aromatic rings. The van der Waals surface area contributed by atoms with Crippen molar-refractivity contribution < 1.29 is 4.79 Å². The van der Waals surface area contributed by atoms with Gasteiger partial charge in [-0.25, -0.2) is 9.97 Å². The molecule has 1 amide bonds. The molecule has 4 rings (SSSR count). The number of carbonyl (C=O) groups is 1. The molecule has 0 spiro atoms. The zero-order valence-electron chi connectivity index (χ0n) is 14.7. The van der Waals surface area contributed by atoms with Crippen LogP contribution in [0, 0.1) is 5.92 Å². The predicted octanol–water partition coefficient (Wildman–Crippen LogP) is 3.43. The molecule has 1 aromatic heterocycles. The van der Waals surface area contributed by atoms with E-state index in [2.05, 4.69) is 40.0 Å². The highest BCUT2D eigenvalue weighted by Crippen LogP contribution is 2.31. The average molecular weight is 336 g/mol. The van der Waals surface area contributed by atoms with Crippen LogP contribution in [0.4, 0.5) is 11.6 Å². The molecule has 0 N–H and O–H groups in total. The van der Waals surface area contributed by atoms with E-state index in [1.807, 2.05) is 11.0 Å². The van der Waals surface area contributed by atoms with Crippen LogP contribution >= 0.6 is 0 Å². The number of benzene rings is 1. The van der Waals surface area contributed by atoms with Crippen molar-refractivity contribution in [3.8, 4) is 0 Å². The number of para-hydroxylation sites is 1. The van der Waals surface area contributed by atoms with E-state index in [-0.39, 0.29) is 5.91 Å². The minimum absolute atomic E-state index is 0.0529. The van der Waals surface area contributed by atoms with E-state index in [1.54, 1.807) is 12.4 Å². The molecule has 1 fully saturated rings. The lowest BCUT2D eigenvalue weighted by Crippen LogP contribution is -2.39. The van der Waals surface area contributed by atoms with Crippen LogP contribution in [0.15, 0.2) is 36.7 Å². The maximum atomic E-state index is 12.7. The van der Waals surface area contributed by atoms with Crippen LogP contribution in [0.25, 0.3) is 0 Å². The van der Waals surface area contributed by atoms with Gasteiger partial charge >= 0.3 is 0 Å². The van der Waals surface area contributed by atoms with E-state index >= 15 is 0 Å². The van der Waals surface area contributed by atoms with Gasteiger partial charge in [0.05, 0.1) is 5.56 Å². The molecule has 0 radical (unpaired) electrons. The van der Waals surface area contributed by atoms with Gasteiger partial charge in [0.1, 0.15) is 0 Å². The predicted molar refractivity (Wildman–Crippen MR) is 98.1 cm³/mol. The summed E-state index contributed by atoms with van der Waals surface area (Å²) in [6.45, 7) is 4.78. The number of piperidine rings is 1. The Bertz CT molecular complexity index is 759. The van der Waals surface area contributed by atoms with Gasteiger partial charge in [-0.15, -0.1) is 0 Å². The third-order valence-electron chi connectivity index (χ3n) is 5.18. The third kappa shape index (κ3) is 3.23. The van der Waals surface area contributed by atoms with Gasteiger partial charge in [-0.05, 0) is 43.2 Å². The fourth-order valence-electron chi connectivity index (χ4n) is 3.87. The van der Waals surface area contributed by atoms with E-state index in [9.17, 15) is 4.79 Å². The molecule has 130 valence electrons. The number of anilines is 2. The molecular formula is C20H24N4O. The Balaban J connectivity index is 1.54. The number of hydrogen-bond acceptors (Lipinski definition) is 4. The number of hydrogen-bond donors (Lipinski definition) is 0. The SMILES string of the molecule is CC1CCCN(C(=O)c2cnc(N3CCCc4ccccc43)nc2)C1. The smallest absolute Gasteiger partial charge is 0.257 e. The zero-order valence-corrected chi connectivity index (χ0v) is 14.7. The highest BCUT2D eigenvalue weighted by Gasteiger charge is 2.24. The number of rotatable bonds is 2. The Kier molecular flexibility index (Phi) is 4.38. The summed E-state index contributed by atoms with van der Waals surface area (Å²) >= 11 is 0. The lowest BCUT2D eigenvalue weighted by atomic mass is 10.00. The van der Waals surface area contributed by atoms with Crippen molar-refractivity contribution in [3.05, 3.63) is 47.8 Å². The summed E-state index contributed by atoms with van der Waals surface area (Å²) in [7, 11) is 0. The third-order valence-corrected chi connectivity index (χ3v) is 5.18. The summed E-state index contributed by atoms with van der Waals surface area (Å²) in [6.07, 6.45) is 7.83.